The molecule has 21 heavy (non-hydrogen) atoms. The van der Waals surface area contributed by atoms with E-state index in [2.05, 4.69) is 19.2 Å². The average Bonchev–Trinajstić information content (AvgIpc) is 2.45. The predicted molar refractivity (Wildman–Crippen MR) is 86.2 cm³/mol. The molecule has 1 aromatic rings. The van der Waals surface area contributed by atoms with Crippen molar-refractivity contribution < 1.29 is 14.2 Å². The van der Waals surface area contributed by atoms with Crippen molar-refractivity contribution in [3.05, 3.63) is 28.8 Å². The third kappa shape index (κ3) is 8.27. The van der Waals surface area contributed by atoms with Crippen LogP contribution in [0.1, 0.15) is 25.8 Å². The van der Waals surface area contributed by atoms with E-state index in [0.717, 1.165) is 35.9 Å². The molecule has 0 heterocycles. The molecule has 0 spiro atoms. The molecule has 1 N–H and O–H groups in total. The molecule has 4 nitrogen and oxygen atoms in total. The van der Waals surface area contributed by atoms with E-state index in [4.69, 9.17) is 25.8 Å². The van der Waals surface area contributed by atoms with Gasteiger partial charge in [0.1, 0.15) is 12.4 Å². The Hall–Kier alpha value is -0.810. The van der Waals surface area contributed by atoms with Crippen molar-refractivity contribution in [2.45, 2.75) is 32.9 Å². The van der Waals surface area contributed by atoms with Crippen molar-refractivity contribution in [1.29, 1.82) is 0 Å². The van der Waals surface area contributed by atoms with E-state index in [-0.39, 0.29) is 0 Å². The Morgan fingerprint density at radius 3 is 2.67 bits per heavy atom. The molecule has 1 aromatic carbocycles. The SMILES string of the molecule is COCCCOCCOc1ccc(Cl)cc1CNC(C)C. The topological polar surface area (TPSA) is 39.7 Å². The summed E-state index contributed by atoms with van der Waals surface area (Å²) in [7, 11) is 1.69. The highest BCUT2D eigenvalue weighted by molar-refractivity contribution is 6.30. The van der Waals surface area contributed by atoms with Crippen LogP contribution in [0.25, 0.3) is 0 Å². The summed E-state index contributed by atoms with van der Waals surface area (Å²) >= 11 is 6.04. The van der Waals surface area contributed by atoms with Gasteiger partial charge in [-0.2, -0.15) is 0 Å². The zero-order chi connectivity index (χ0) is 15.5. The van der Waals surface area contributed by atoms with Gasteiger partial charge in [0.25, 0.3) is 0 Å². The minimum atomic E-state index is 0.418. The van der Waals surface area contributed by atoms with Gasteiger partial charge in [-0.25, -0.2) is 0 Å². The van der Waals surface area contributed by atoms with Crippen LogP contribution in [0, 0.1) is 0 Å². The molecule has 0 atom stereocenters. The molecular weight excluding hydrogens is 290 g/mol. The van der Waals surface area contributed by atoms with E-state index in [1.165, 1.54) is 0 Å². The van der Waals surface area contributed by atoms with Crippen LogP contribution in [0.15, 0.2) is 18.2 Å². The summed E-state index contributed by atoms with van der Waals surface area (Å²) in [6, 6.07) is 6.10. The Labute approximate surface area is 132 Å². The fourth-order valence-corrected chi connectivity index (χ4v) is 1.95. The van der Waals surface area contributed by atoms with Crippen molar-refractivity contribution in [3.8, 4) is 5.75 Å². The van der Waals surface area contributed by atoms with Gasteiger partial charge in [-0.3, -0.25) is 0 Å². The number of ether oxygens (including phenoxy) is 3. The first kappa shape index (κ1) is 18.2. The van der Waals surface area contributed by atoms with Crippen LogP contribution in [0.5, 0.6) is 5.75 Å². The van der Waals surface area contributed by atoms with Crippen molar-refractivity contribution in [3.63, 3.8) is 0 Å². The van der Waals surface area contributed by atoms with E-state index >= 15 is 0 Å². The second-order valence-corrected chi connectivity index (χ2v) is 5.53. The summed E-state index contributed by atoms with van der Waals surface area (Å²) in [5.74, 6) is 0.855. The zero-order valence-corrected chi connectivity index (χ0v) is 13.9. The molecule has 5 heteroatoms. The largest absolute Gasteiger partial charge is 0.491 e. The molecule has 0 radical (unpaired) electrons. The van der Waals surface area contributed by atoms with Crippen LogP contribution in [-0.4, -0.2) is 39.6 Å². The van der Waals surface area contributed by atoms with Crippen LogP contribution in [0.3, 0.4) is 0 Å². The Morgan fingerprint density at radius 2 is 1.95 bits per heavy atom. The molecule has 1 rings (SSSR count). The highest BCUT2D eigenvalue weighted by Crippen LogP contribution is 2.23. The van der Waals surface area contributed by atoms with Gasteiger partial charge in [-0.15, -0.1) is 0 Å². The molecule has 0 aromatic heterocycles. The van der Waals surface area contributed by atoms with Crippen LogP contribution in [0.2, 0.25) is 5.02 Å². The lowest BCUT2D eigenvalue weighted by molar-refractivity contribution is 0.0804. The minimum absolute atomic E-state index is 0.418. The van der Waals surface area contributed by atoms with Crippen molar-refractivity contribution >= 4 is 11.6 Å². The number of hydrogen-bond donors (Lipinski definition) is 1. The van der Waals surface area contributed by atoms with Gasteiger partial charge < -0.3 is 19.5 Å². The highest BCUT2D eigenvalue weighted by atomic mass is 35.5. The molecule has 120 valence electrons. The summed E-state index contributed by atoms with van der Waals surface area (Å²) in [5, 5.41) is 4.09. The van der Waals surface area contributed by atoms with Gasteiger partial charge in [-0.05, 0) is 24.6 Å². The van der Waals surface area contributed by atoms with Gasteiger partial charge >= 0.3 is 0 Å². The molecule has 0 aliphatic heterocycles. The normalized spacial score (nSPS) is 11.1. The van der Waals surface area contributed by atoms with Gasteiger partial charge in [-0.1, -0.05) is 25.4 Å². The van der Waals surface area contributed by atoms with Crippen LogP contribution >= 0.6 is 11.6 Å². The molecular formula is C16H26ClNO3. The number of halogens is 1. The summed E-state index contributed by atoms with van der Waals surface area (Å²) in [6.07, 6.45) is 0.904. The predicted octanol–water partition coefficient (Wildman–Crippen LogP) is 3.27. The second-order valence-electron chi connectivity index (χ2n) is 5.09. The smallest absolute Gasteiger partial charge is 0.124 e. The summed E-state index contributed by atoms with van der Waals surface area (Å²) < 4.78 is 16.2. The fraction of sp³-hybridized carbons (Fsp3) is 0.625. The first-order valence-electron chi connectivity index (χ1n) is 7.34. The van der Waals surface area contributed by atoms with E-state index in [0.29, 0.717) is 25.9 Å². The third-order valence-electron chi connectivity index (χ3n) is 2.85. The number of methoxy groups -OCH3 is 1. The van der Waals surface area contributed by atoms with Gasteiger partial charge in [0.2, 0.25) is 0 Å². The van der Waals surface area contributed by atoms with Crippen molar-refractivity contribution in [2.75, 3.05) is 33.5 Å². The number of rotatable bonds is 11. The van der Waals surface area contributed by atoms with Crippen molar-refractivity contribution in [1.82, 2.24) is 5.32 Å². The van der Waals surface area contributed by atoms with E-state index in [1.807, 2.05) is 18.2 Å². The van der Waals surface area contributed by atoms with Crippen LogP contribution in [0.4, 0.5) is 0 Å². The van der Waals surface area contributed by atoms with Gasteiger partial charge in [0, 0.05) is 43.5 Å². The zero-order valence-electron chi connectivity index (χ0n) is 13.2. The molecule has 0 saturated heterocycles. The molecule has 0 aliphatic rings. The lowest BCUT2D eigenvalue weighted by Crippen LogP contribution is -2.22. The standard InChI is InChI=1S/C16H26ClNO3/c1-13(2)18-12-14-11-15(17)5-6-16(14)21-10-9-20-8-4-7-19-3/h5-6,11,13,18H,4,7-10,12H2,1-3H3. The summed E-state index contributed by atoms with van der Waals surface area (Å²) in [4.78, 5) is 0. The Kier molecular flexibility index (Phi) is 9.42. The third-order valence-corrected chi connectivity index (χ3v) is 3.08. The first-order chi connectivity index (χ1) is 10.1. The highest BCUT2D eigenvalue weighted by Gasteiger charge is 2.05. The summed E-state index contributed by atoms with van der Waals surface area (Å²) in [5.41, 5.74) is 1.07. The van der Waals surface area contributed by atoms with Crippen molar-refractivity contribution in [2.24, 2.45) is 0 Å². The number of hydrogen-bond acceptors (Lipinski definition) is 4. The molecule has 0 unspecified atom stereocenters. The maximum atomic E-state index is 6.04. The fourth-order valence-electron chi connectivity index (χ4n) is 1.76. The average molecular weight is 316 g/mol. The van der Waals surface area contributed by atoms with Gasteiger partial charge in [0.15, 0.2) is 0 Å². The lowest BCUT2D eigenvalue weighted by atomic mass is 10.2. The maximum Gasteiger partial charge on any atom is 0.124 e. The Morgan fingerprint density at radius 1 is 1.14 bits per heavy atom. The molecule has 0 saturated carbocycles. The van der Waals surface area contributed by atoms with Gasteiger partial charge in [0.05, 0.1) is 6.61 Å². The Bertz CT molecular complexity index is 399. The number of nitrogens with one attached hydrogen (secondary N) is 1. The quantitative estimate of drug-likeness (QED) is 0.636. The van der Waals surface area contributed by atoms with Crippen LogP contribution < -0.4 is 10.1 Å². The Balaban J connectivity index is 2.35. The molecule has 0 amide bonds. The number of benzene rings is 1. The summed E-state index contributed by atoms with van der Waals surface area (Å²) in [6.45, 7) is 7.48. The molecule has 0 fully saturated rings. The monoisotopic (exact) mass is 315 g/mol. The molecule has 0 bridgehead atoms. The van der Waals surface area contributed by atoms with E-state index < -0.39 is 0 Å². The maximum absolute atomic E-state index is 6.04. The lowest BCUT2D eigenvalue weighted by Gasteiger charge is -2.14. The second kappa shape index (κ2) is 10.9. The first-order valence-corrected chi connectivity index (χ1v) is 7.72. The van der Waals surface area contributed by atoms with E-state index in [1.54, 1.807) is 7.11 Å². The van der Waals surface area contributed by atoms with Crippen LogP contribution in [-0.2, 0) is 16.0 Å². The minimum Gasteiger partial charge on any atom is -0.491 e. The molecule has 0 aliphatic carbocycles. The van der Waals surface area contributed by atoms with E-state index in [9.17, 15) is 0 Å².